The largest absolute Gasteiger partial charge is 0.353 e. The van der Waals surface area contributed by atoms with Crippen LogP contribution < -0.4 is 0 Å². The van der Waals surface area contributed by atoms with Crippen molar-refractivity contribution < 1.29 is 9.47 Å². The van der Waals surface area contributed by atoms with Gasteiger partial charge in [-0.25, -0.2) is 4.68 Å². The van der Waals surface area contributed by atoms with Crippen molar-refractivity contribution >= 4 is 0 Å². The SMILES string of the molecule is c1nnnn1CC1COCO1. The topological polar surface area (TPSA) is 62.1 Å². The van der Waals surface area contributed by atoms with Gasteiger partial charge in [0.2, 0.25) is 0 Å². The highest BCUT2D eigenvalue weighted by atomic mass is 16.7. The molecule has 0 N–H and O–H groups in total. The molecule has 1 aliphatic rings. The van der Waals surface area contributed by atoms with Gasteiger partial charge in [0.25, 0.3) is 0 Å². The second-order valence-corrected chi connectivity index (χ2v) is 2.31. The second-order valence-electron chi connectivity index (χ2n) is 2.31. The molecular weight excluding hydrogens is 148 g/mol. The van der Waals surface area contributed by atoms with E-state index in [0.29, 0.717) is 19.9 Å². The minimum atomic E-state index is 0.0958. The summed E-state index contributed by atoms with van der Waals surface area (Å²) in [5.74, 6) is 0. The van der Waals surface area contributed by atoms with Gasteiger partial charge in [0.1, 0.15) is 19.2 Å². The van der Waals surface area contributed by atoms with Gasteiger partial charge in [-0.05, 0) is 10.4 Å². The number of rotatable bonds is 2. The van der Waals surface area contributed by atoms with Crippen LogP contribution in [0.5, 0.6) is 0 Å². The fourth-order valence-electron chi connectivity index (χ4n) is 0.950. The van der Waals surface area contributed by atoms with Crippen molar-refractivity contribution in [2.75, 3.05) is 13.4 Å². The molecule has 0 aromatic carbocycles. The van der Waals surface area contributed by atoms with Gasteiger partial charge in [-0.3, -0.25) is 0 Å². The molecule has 0 bridgehead atoms. The van der Waals surface area contributed by atoms with Crippen LogP contribution in [0, 0.1) is 0 Å². The lowest BCUT2D eigenvalue weighted by Gasteiger charge is -2.04. The van der Waals surface area contributed by atoms with E-state index < -0.39 is 0 Å². The van der Waals surface area contributed by atoms with Crippen LogP contribution in [0.15, 0.2) is 6.33 Å². The lowest BCUT2D eigenvalue weighted by atomic mass is 10.4. The first-order chi connectivity index (χ1) is 5.45. The van der Waals surface area contributed by atoms with Crippen molar-refractivity contribution in [1.29, 1.82) is 0 Å². The average Bonchev–Trinajstić information content (AvgIpc) is 2.60. The minimum absolute atomic E-state index is 0.0958. The average molecular weight is 156 g/mol. The van der Waals surface area contributed by atoms with E-state index in [2.05, 4.69) is 15.5 Å². The molecule has 0 amide bonds. The molecule has 0 saturated carbocycles. The molecule has 0 radical (unpaired) electrons. The van der Waals surface area contributed by atoms with E-state index in [4.69, 9.17) is 9.47 Å². The maximum absolute atomic E-state index is 5.19. The lowest BCUT2D eigenvalue weighted by molar-refractivity contribution is 0.0411. The van der Waals surface area contributed by atoms with E-state index in [0.717, 1.165) is 0 Å². The van der Waals surface area contributed by atoms with E-state index in [1.165, 1.54) is 0 Å². The van der Waals surface area contributed by atoms with Crippen LogP contribution in [0.2, 0.25) is 0 Å². The molecule has 1 fully saturated rings. The summed E-state index contributed by atoms with van der Waals surface area (Å²) in [6.07, 6.45) is 1.65. The van der Waals surface area contributed by atoms with Crippen LogP contribution in [0.3, 0.4) is 0 Å². The van der Waals surface area contributed by atoms with Crippen molar-refractivity contribution in [2.45, 2.75) is 12.6 Å². The minimum Gasteiger partial charge on any atom is -0.353 e. The Morgan fingerprint density at radius 2 is 2.64 bits per heavy atom. The summed E-state index contributed by atoms with van der Waals surface area (Å²) < 4.78 is 11.8. The summed E-state index contributed by atoms with van der Waals surface area (Å²) >= 11 is 0. The van der Waals surface area contributed by atoms with Crippen LogP contribution in [-0.4, -0.2) is 39.7 Å². The van der Waals surface area contributed by atoms with Crippen LogP contribution in [-0.2, 0) is 16.0 Å². The van der Waals surface area contributed by atoms with Gasteiger partial charge in [-0.1, -0.05) is 0 Å². The normalized spacial score (nSPS) is 24.2. The second kappa shape index (κ2) is 2.93. The zero-order valence-corrected chi connectivity index (χ0v) is 5.88. The van der Waals surface area contributed by atoms with Crippen LogP contribution in [0.25, 0.3) is 0 Å². The van der Waals surface area contributed by atoms with Crippen molar-refractivity contribution in [3.8, 4) is 0 Å². The molecule has 2 heterocycles. The van der Waals surface area contributed by atoms with Gasteiger partial charge in [-0.2, -0.15) is 0 Å². The summed E-state index contributed by atoms with van der Waals surface area (Å²) in [5, 5.41) is 10.7. The highest BCUT2D eigenvalue weighted by molar-refractivity contribution is 4.60. The number of ether oxygens (including phenoxy) is 2. The molecule has 1 saturated heterocycles. The first-order valence-electron chi connectivity index (χ1n) is 3.35. The Kier molecular flexibility index (Phi) is 1.78. The fraction of sp³-hybridized carbons (Fsp3) is 0.800. The van der Waals surface area contributed by atoms with Crippen molar-refractivity contribution in [3.05, 3.63) is 6.33 Å². The Labute approximate surface area is 63.1 Å². The standard InChI is InChI=1S/C5H8N4O2/c1(5-2-10-4-11-5)9-3-6-7-8-9/h3,5H,1-2,4H2. The fourth-order valence-corrected chi connectivity index (χ4v) is 0.950. The number of hydrogen-bond donors (Lipinski definition) is 0. The molecule has 0 aliphatic carbocycles. The Hall–Kier alpha value is -1.01. The Morgan fingerprint density at radius 1 is 1.64 bits per heavy atom. The third kappa shape index (κ3) is 1.52. The maximum Gasteiger partial charge on any atom is 0.147 e. The van der Waals surface area contributed by atoms with E-state index in [9.17, 15) is 0 Å². The lowest BCUT2D eigenvalue weighted by Crippen LogP contribution is -2.18. The Balaban J connectivity index is 1.90. The van der Waals surface area contributed by atoms with Crippen molar-refractivity contribution in [2.24, 2.45) is 0 Å². The molecule has 1 unspecified atom stereocenters. The van der Waals surface area contributed by atoms with Gasteiger partial charge in [-0.15, -0.1) is 5.10 Å². The Morgan fingerprint density at radius 3 is 3.27 bits per heavy atom. The summed E-state index contributed by atoms with van der Waals surface area (Å²) in [7, 11) is 0. The molecule has 1 aromatic rings. The van der Waals surface area contributed by atoms with Crippen LogP contribution >= 0.6 is 0 Å². The maximum atomic E-state index is 5.19. The van der Waals surface area contributed by atoms with Crippen molar-refractivity contribution in [3.63, 3.8) is 0 Å². The van der Waals surface area contributed by atoms with E-state index in [-0.39, 0.29) is 6.10 Å². The molecule has 2 rings (SSSR count). The highest BCUT2D eigenvalue weighted by Crippen LogP contribution is 2.03. The molecule has 6 heteroatoms. The number of aromatic nitrogens is 4. The predicted octanol–water partition coefficient (Wildman–Crippen LogP) is -0.954. The highest BCUT2D eigenvalue weighted by Gasteiger charge is 2.16. The van der Waals surface area contributed by atoms with Gasteiger partial charge in [0.05, 0.1) is 13.2 Å². The van der Waals surface area contributed by atoms with E-state index in [1.54, 1.807) is 11.0 Å². The number of nitrogens with zero attached hydrogens (tertiary/aromatic N) is 4. The first-order valence-corrected chi connectivity index (χ1v) is 3.35. The van der Waals surface area contributed by atoms with Gasteiger partial charge in [0.15, 0.2) is 0 Å². The molecule has 60 valence electrons. The third-order valence-electron chi connectivity index (χ3n) is 1.47. The van der Waals surface area contributed by atoms with Crippen molar-refractivity contribution in [1.82, 2.24) is 20.2 Å². The molecule has 1 aromatic heterocycles. The smallest absolute Gasteiger partial charge is 0.147 e. The Bertz CT molecular complexity index is 206. The summed E-state index contributed by atoms with van der Waals surface area (Å²) in [5.41, 5.74) is 0. The monoisotopic (exact) mass is 156 g/mol. The molecule has 11 heavy (non-hydrogen) atoms. The molecule has 0 spiro atoms. The third-order valence-corrected chi connectivity index (χ3v) is 1.47. The zero-order valence-electron chi connectivity index (χ0n) is 5.88. The van der Waals surface area contributed by atoms with Crippen LogP contribution in [0.1, 0.15) is 0 Å². The summed E-state index contributed by atoms with van der Waals surface area (Å²) in [6, 6.07) is 0. The molecule has 6 nitrogen and oxygen atoms in total. The van der Waals surface area contributed by atoms with Gasteiger partial charge < -0.3 is 9.47 Å². The van der Waals surface area contributed by atoms with Crippen LogP contribution in [0.4, 0.5) is 0 Å². The number of hydrogen-bond acceptors (Lipinski definition) is 5. The summed E-state index contributed by atoms with van der Waals surface area (Å²) in [6.45, 7) is 1.67. The quantitative estimate of drug-likeness (QED) is 0.552. The molecule has 1 aliphatic heterocycles. The van der Waals surface area contributed by atoms with Gasteiger partial charge in [0, 0.05) is 0 Å². The first kappa shape index (κ1) is 6.68. The summed E-state index contributed by atoms with van der Waals surface area (Å²) in [4.78, 5) is 0. The molecular formula is C5H8N4O2. The van der Waals surface area contributed by atoms with E-state index >= 15 is 0 Å². The molecule has 1 atom stereocenters. The van der Waals surface area contributed by atoms with Gasteiger partial charge >= 0.3 is 0 Å². The predicted molar refractivity (Wildman–Crippen MR) is 33.5 cm³/mol. The van der Waals surface area contributed by atoms with E-state index in [1.807, 2.05) is 0 Å². The zero-order chi connectivity index (χ0) is 7.52. The number of tetrazole rings is 1.